The van der Waals surface area contributed by atoms with Gasteiger partial charge in [-0.1, -0.05) is 25.1 Å². The third-order valence-corrected chi connectivity index (χ3v) is 4.53. The van der Waals surface area contributed by atoms with Crippen LogP contribution in [0.2, 0.25) is 0 Å². The number of nitrogens with zero attached hydrogens (tertiary/aromatic N) is 5. The van der Waals surface area contributed by atoms with Crippen LogP contribution in [0.1, 0.15) is 19.2 Å². The summed E-state index contributed by atoms with van der Waals surface area (Å²) >= 11 is 0. The molecular weight excluding hydrogens is 290 g/mol. The fraction of sp³-hybridized carbons (Fsp3) is 0.529. The number of hydrogen-bond acceptors (Lipinski definition) is 5. The number of piperazine rings is 1. The zero-order chi connectivity index (χ0) is 16.1. The number of rotatable bonds is 6. The van der Waals surface area contributed by atoms with Gasteiger partial charge in [-0.2, -0.15) is 0 Å². The van der Waals surface area contributed by atoms with Crippen molar-refractivity contribution < 1.29 is 5.11 Å². The first-order valence-corrected chi connectivity index (χ1v) is 8.33. The van der Waals surface area contributed by atoms with Crippen molar-refractivity contribution in [2.45, 2.75) is 25.9 Å². The Bertz CT molecular complexity index is 588. The maximum absolute atomic E-state index is 9.41. The highest BCUT2D eigenvalue weighted by molar-refractivity contribution is 5.29. The predicted molar refractivity (Wildman–Crippen MR) is 89.4 cm³/mol. The molecule has 6 nitrogen and oxygen atoms in total. The fourth-order valence-electron chi connectivity index (χ4n) is 3.06. The molecule has 1 aliphatic rings. The van der Waals surface area contributed by atoms with E-state index < -0.39 is 0 Å². The normalized spacial score (nSPS) is 18.2. The molecule has 0 spiro atoms. The zero-order valence-corrected chi connectivity index (χ0v) is 13.7. The summed E-state index contributed by atoms with van der Waals surface area (Å²) in [5.74, 6) is 0.858. The summed E-state index contributed by atoms with van der Waals surface area (Å²) in [6.45, 7) is 7.15. The van der Waals surface area contributed by atoms with Crippen LogP contribution in [0.3, 0.4) is 0 Å². The second-order valence-electron chi connectivity index (χ2n) is 6.00. The van der Waals surface area contributed by atoms with E-state index in [1.165, 1.54) is 0 Å². The van der Waals surface area contributed by atoms with E-state index in [1.54, 1.807) is 6.33 Å². The van der Waals surface area contributed by atoms with E-state index in [-0.39, 0.29) is 6.61 Å². The minimum atomic E-state index is 0.250. The molecule has 1 N–H and O–H groups in total. The van der Waals surface area contributed by atoms with Gasteiger partial charge in [0.2, 0.25) is 0 Å². The molecule has 1 fully saturated rings. The number of para-hydroxylation sites is 1. The van der Waals surface area contributed by atoms with E-state index >= 15 is 0 Å². The summed E-state index contributed by atoms with van der Waals surface area (Å²) in [5.41, 5.74) is 1.03. The average molecular weight is 315 g/mol. The lowest BCUT2D eigenvalue weighted by atomic mass is 10.1. The molecule has 1 aliphatic heterocycles. The fourth-order valence-corrected chi connectivity index (χ4v) is 3.06. The minimum Gasteiger partial charge on any atom is -0.395 e. The van der Waals surface area contributed by atoms with Crippen molar-refractivity contribution in [3.8, 4) is 5.69 Å². The van der Waals surface area contributed by atoms with Crippen LogP contribution in [-0.4, -0.2) is 68.5 Å². The largest absolute Gasteiger partial charge is 0.395 e. The molecule has 0 radical (unpaired) electrons. The summed E-state index contributed by atoms with van der Waals surface area (Å²) in [7, 11) is 0. The topological polar surface area (TPSA) is 57.4 Å². The number of hydrogen-bond donors (Lipinski definition) is 1. The molecule has 1 saturated heterocycles. The molecule has 3 rings (SSSR count). The van der Waals surface area contributed by atoms with Gasteiger partial charge in [-0.15, -0.1) is 5.10 Å². The van der Waals surface area contributed by atoms with Gasteiger partial charge in [0.1, 0.15) is 6.33 Å². The van der Waals surface area contributed by atoms with Gasteiger partial charge in [0.15, 0.2) is 5.82 Å². The smallest absolute Gasteiger partial charge is 0.164 e. The average Bonchev–Trinajstić information content (AvgIpc) is 3.07. The van der Waals surface area contributed by atoms with E-state index in [0.717, 1.165) is 50.7 Å². The van der Waals surface area contributed by atoms with Crippen molar-refractivity contribution in [1.82, 2.24) is 24.6 Å². The molecular formula is C17H25N5O. The first kappa shape index (κ1) is 16.1. The van der Waals surface area contributed by atoms with Crippen molar-refractivity contribution in [3.05, 3.63) is 42.5 Å². The lowest BCUT2D eigenvalue weighted by molar-refractivity contribution is 0.0599. The molecule has 0 saturated carbocycles. The maximum Gasteiger partial charge on any atom is 0.164 e. The van der Waals surface area contributed by atoms with Crippen LogP contribution >= 0.6 is 0 Å². The second kappa shape index (κ2) is 7.68. The van der Waals surface area contributed by atoms with Gasteiger partial charge in [-0.3, -0.25) is 9.80 Å². The van der Waals surface area contributed by atoms with Crippen LogP contribution in [0, 0.1) is 0 Å². The van der Waals surface area contributed by atoms with Crippen molar-refractivity contribution in [1.29, 1.82) is 0 Å². The SMILES string of the molecule is CCC(CO)N1CCN(Cc2ncn(-c3ccccc3)n2)CC1. The lowest BCUT2D eigenvalue weighted by Gasteiger charge is -2.38. The third-order valence-electron chi connectivity index (χ3n) is 4.53. The predicted octanol–water partition coefficient (Wildman–Crippen LogP) is 1.16. The first-order valence-electron chi connectivity index (χ1n) is 8.33. The second-order valence-corrected chi connectivity index (χ2v) is 6.00. The molecule has 23 heavy (non-hydrogen) atoms. The molecule has 0 bridgehead atoms. The highest BCUT2D eigenvalue weighted by Crippen LogP contribution is 2.11. The molecule has 0 amide bonds. The van der Waals surface area contributed by atoms with Gasteiger partial charge in [0, 0.05) is 32.2 Å². The molecule has 1 unspecified atom stereocenters. The maximum atomic E-state index is 9.41. The monoisotopic (exact) mass is 315 g/mol. The number of aliphatic hydroxyl groups is 1. The van der Waals surface area contributed by atoms with Crippen LogP contribution in [0.5, 0.6) is 0 Å². The summed E-state index contributed by atoms with van der Waals surface area (Å²) in [4.78, 5) is 9.19. The molecule has 1 aromatic carbocycles. The number of benzene rings is 1. The zero-order valence-electron chi connectivity index (χ0n) is 13.7. The Morgan fingerprint density at radius 3 is 2.52 bits per heavy atom. The lowest BCUT2D eigenvalue weighted by Crippen LogP contribution is -2.50. The van der Waals surface area contributed by atoms with Crippen LogP contribution in [0.15, 0.2) is 36.7 Å². The first-order chi connectivity index (χ1) is 11.3. The van der Waals surface area contributed by atoms with Crippen LogP contribution in [0.4, 0.5) is 0 Å². The van der Waals surface area contributed by atoms with Gasteiger partial charge in [-0.25, -0.2) is 9.67 Å². The van der Waals surface area contributed by atoms with E-state index in [4.69, 9.17) is 0 Å². The van der Waals surface area contributed by atoms with E-state index in [1.807, 2.05) is 35.0 Å². The summed E-state index contributed by atoms with van der Waals surface area (Å²) in [5, 5.41) is 14.0. The number of aromatic nitrogens is 3. The standard InChI is InChI=1S/C17H25N5O/c1-2-15(13-23)21-10-8-20(9-11-21)12-17-18-14-22(19-17)16-6-4-3-5-7-16/h3-7,14-15,23H,2,8-13H2,1H3. The Morgan fingerprint density at radius 2 is 1.87 bits per heavy atom. The Hall–Kier alpha value is -1.76. The Kier molecular flexibility index (Phi) is 5.38. The quantitative estimate of drug-likeness (QED) is 0.867. The summed E-state index contributed by atoms with van der Waals surface area (Å²) < 4.78 is 1.82. The Morgan fingerprint density at radius 1 is 1.13 bits per heavy atom. The van der Waals surface area contributed by atoms with E-state index in [9.17, 15) is 5.11 Å². The van der Waals surface area contributed by atoms with Gasteiger partial charge in [0.05, 0.1) is 18.8 Å². The van der Waals surface area contributed by atoms with Gasteiger partial charge in [-0.05, 0) is 18.6 Å². The Labute approximate surface area is 137 Å². The highest BCUT2D eigenvalue weighted by Gasteiger charge is 2.22. The summed E-state index contributed by atoms with van der Waals surface area (Å²) in [6.07, 6.45) is 2.78. The summed E-state index contributed by atoms with van der Waals surface area (Å²) in [6, 6.07) is 10.3. The van der Waals surface area contributed by atoms with Gasteiger partial charge >= 0.3 is 0 Å². The third kappa shape index (κ3) is 3.96. The highest BCUT2D eigenvalue weighted by atomic mass is 16.3. The van der Waals surface area contributed by atoms with Crippen molar-refractivity contribution >= 4 is 0 Å². The molecule has 124 valence electrons. The minimum absolute atomic E-state index is 0.250. The molecule has 1 atom stereocenters. The van der Waals surface area contributed by atoms with Gasteiger partial charge in [0.25, 0.3) is 0 Å². The van der Waals surface area contributed by atoms with Gasteiger partial charge < -0.3 is 5.11 Å². The van der Waals surface area contributed by atoms with Crippen LogP contribution in [-0.2, 0) is 6.54 Å². The van der Waals surface area contributed by atoms with E-state index in [2.05, 4.69) is 26.8 Å². The van der Waals surface area contributed by atoms with Crippen LogP contribution in [0.25, 0.3) is 5.69 Å². The molecule has 0 aliphatic carbocycles. The molecule has 2 aromatic rings. The molecule has 6 heteroatoms. The molecule has 2 heterocycles. The molecule has 1 aromatic heterocycles. The Balaban J connectivity index is 1.54. The number of aliphatic hydroxyl groups excluding tert-OH is 1. The van der Waals surface area contributed by atoms with Crippen molar-refractivity contribution in [3.63, 3.8) is 0 Å². The van der Waals surface area contributed by atoms with Crippen molar-refractivity contribution in [2.75, 3.05) is 32.8 Å². The van der Waals surface area contributed by atoms with Crippen molar-refractivity contribution in [2.24, 2.45) is 0 Å². The van der Waals surface area contributed by atoms with E-state index in [0.29, 0.717) is 6.04 Å². The van der Waals surface area contributed by atoms with Crippen LogP contribution < -0.4 is 0 Å².